The molecule has 3 aliphatic rings. The average Bonchev–Trinajstić information content (AvgIpc) is 3.37. The van der Waals surface area contributed by atoms with Gasteiger partial charge in [0, 0.05) is 51.1 Å². The van der Waals surface area contributed by atoms with E-state index in [2.05, 4.69) is 27.2 Å². The molecule has 3 heterocycles. The van der Waals surface area contributed by atoms with Gasteiger partial charge >= 0.3 is 0 Å². The molecule has 2 fully saturated rings. The van der Waals surface area contributed by atoms with E-state index in [1.165, 1.54) is 23.4 Å². The SMILES string of the molecule is COc1ccc2c(c1)N1CCN(Cc3ccc(F)cc3)C[C@@H]1[C@H](C(=O)NC[C@@H]1CCCO1)C2. The predicted molar refractivity (Wildman–Crippen MR) is 125 cm³/mol. The summed E-state index contributed by atoms with van der Waals surface area (Å²) in [7, 11) is 1.68. The number of nitrogens with zero attached hydrogens (tertiary/aromatic N) is 2. The number of halogens is 1. The van der Waals surface area contributed by atoms with Crippen molar-refractivity contribution in [3.05, 3.63) is 59.4 Å². The monoisotopic (exact) mass is 453 g/mol. The van der Waals surface area contributed by atoms with E-state index in [9.17, 15) is 9.18 Å². The van der Waals surface area contributed by atoms with Crippen LogP contribution in [0, 0.1) is 11.7 Å². The van der Waals surface area contributed by atoms with Crippen molar-refractivity contribution >= 4 is 11.6 Å². The molecule has 0 radical (unpaired) electrons. The lowest BCUT2D eigenvalue weighted by Crippen LogP contribution is -2.61. The van der Waals surface area contributed by atoms with Gasteiger partial charge in [-0.05, 0) is 48.6 Å². The maximum atomic E-state index is 13.4. The first-order valence-corrected chi connectivity index (χ1v) is 11.9. The minimum atomic E-state index is -0.218. The zero-order chi connectivity index (χ0) is 22.8. The molecule has 3 atom stereocenters. The van der Waals surface area contributed by atoms with Crippen LogP contribution in [0.5, 0.6) is 5.75 Å². The van der Waals surface area contributed by atoms with Gasteiger partial charge in [0.25, 0.3) is 0 Å². The molecule has 2 aromatic rings. The van der Waals surface area contributed by atoms with Gasteiger partial charge in [0.2, 0.25) is 5.91 Å². The van der Waals surface area contributed by atoms with Gasteiger partial charge in [0.15, 0.2) is 0 Å². The zero-order valence-electron chi connectivity index (χ0n) is 19.1. The third-order valence-corrected chi connectivity index (χ3v) is 7.19. The fourth-order valence-corrected chi connectivity index (χ4v) is 5.41. The fraction of sp³-hybridized carbons (Fsp3) is 0.500. The van der Waals surface area contributed by atoms with Crippen LogP contribution in [0.1, 0.15) is 24.0 Å². The Morgan fingerprint density at radius 2 is 2.06 bits per heavy atom. The van der Waals surface area contributed by atoms with E-state index >= 15 is 0 Å². The smallest absolute Gasteiger partial charge is 0.225 e. The standard InChI is InChI=1S/C26H32FN3O3/c1-32-21-9-6-19-13-23(26(31)28-15-22-3-2-12-33-22)25-17-29(10-11-30(25)24(19)14-21)16-18-4-7-20(27)8-5-18/h4-9,14,22-23,25H,2-3,10-13,15-17H2,1H3,(H,28,31)/t22-,23+,25+/m0/s1. The number of carbonyl (C=O) groups is 1. The number of amides is 1. The minimum Gasteiger partial charge on any atom is -0.497 e. The van der Waals surface area contributed by atoms with Crippen molar-refractivity contribution in [2.75, 3.05) is 44.8 Å². The molecule has 2 saturated heterocycles. The molecule has 6 nitrogen and oxygen atoms in total. The molecular formula is C26H32FN3O3. The summed E-state index contributed by atoms with van der Waals surface area (Å²) in [6.07, 6.45) is 2.91. The molecule has 0 unspecified atom stereocenters. The summed E-state index contributed by atoms with van der Waals surface area (Å²) in [6.45, 7) is 4.62. The van der Waals surface area contributed by atoms with Crippen molar-refractivity contribution in [1.29, 1.82) is 0 Å². The number of methoxy groups -OCH3 is 1. The number of anilines is 1. The molecule has 0 bridgehead atoms. The largest absolute Gasteiger partial charge is 0.497 e. The van der Waals surface area contributed by atoms with Crippen LogP contribution in [-0.2, 0) is 22.5 Å². The van der Waals surface area contributed by atoms with E-state index in [1.807, 2.05) is 18.2 Å². The maximum absolute atomic E-state index is 13.4. The lowest BCUT2D eigenvalue weighted by molar-refractivity contribution is -0.126. The van der Waals surface area contributed by atoms with Crippen LogP contribution in [0.4, 0.5) is 10.1 Å². The Kier molecular flexibility index (Phi) is 6.51. The number of benzene rings is 2. The summed E-state index contributed by atoms with van der Waals surface area (Å²) in [5.41, 5.74) is 3.45. The highest BCUT2D eigenvalue weighted by Crippen LogP contribution is 2.38. The van der Waals surface area contributed by atoms with Gasteiger partial charge in [-0.15, -0.1) is 0 Å². The van der Waals surface area contributed by atoms with Gasteiger partial charge in [-0.1, -0.05) is 18.2 Å². The maximum Gasteiger partial charge on any atom is 0.225 e. The van der Waals surface area contributed by atoms with E-state index < -0.39 is 0 Å². The summed E-state index contributed by atoms with van der Waals surface area (Å²) in [6, 6.07) is 12.9. The number of hydrogen-bond donors (Lipinski definition) is 1. The van der Waals surface area contributed by atoms with E-state index in [1.54, 1.807) is 7.11 Å². The molecule has 1 N–H and O–H groups in total. The third kappa shape index (κ3) is 4.84. The number of fused-ring (bicyclic) bond motifs is 3. The predicted octanol–water partition coefficient (Wildman–Crippen LogP) is 2.99. The van der Waals surface area contributed by atoms with Crippen LogP contribution in [-0.4, -0.2) is 62.8 Å². The summed E-state index contributed by atoms with van der Waals surface area (Å²) >= 11 is 0. The van der Waals surface area contributed by atoms with Gasteiger partial charge < -0.3 is 19.7 Å². The highest BCUT2D eigenvalue weighted by Gasteiger charge is 2.41. The normalized spacial score (nSPS) is 24.8. The lowest BCUT2D eigenvalue weighted by atomic mass is 9.83. The molecule has 0 saturated carbocycles. The molecule has 5 rings (SSSR count). The molecular weight excluding hydrogens is 421 g/mol. The molecule has 33 heavy (non-hydrogen) atoms. The Bertz CT molecular complexity index is 977. The number of ether oxygens (including phenoxy) is 2. The zero-order valence-corrected chi connectivity index (χ0v) is 19.1. The van der Waals surface area contributed by atoms with Crippen LogP contribution < -0.4 is 15.0 Å². The van der Waals surface area contributed by atoms with Gasteiger partial charge in [-0.25, -0.2) is 4.39 Å². The number of carbonyl (C=O) groups excluding carboxylic acids is 1. The molecule has 3 aliphatic heterocycles. The first kappa shape index (κ1) is 22.2. The average molecular weight is 454 g/mol. The van der Waals surface area contributed by atoms with Crippen molar-refractivity contribution in [3.63, 3.8) is 0 Å². The third-order valence-electron chi connectivity index (χ3n) is 7.19. The highest BCUT2D eigenvalue weighted by molar-refractivity contribution is 5.82. The van der Waals surface area contributed by atoms with Gasteiger partial charge in [-0.2, -0.15) is 0 Å². The van der Waals surface area contributed by atoms with Crippen molar-refractivity contribution in [3.8, 4) is 5.75 Å². The Balaban J connectivity index is 1.35. The van der Waals surface area contributed by atoms with Crippen molar-refractivity contribution in [2.24, 2.45) is 5.92 Å². The van der Waals surface area contributed by atoms with E-state index in [0.717, 1.165) is 56.9 Å². The van der Waals surface area contributed by atoms with E-state index in [-0.39, 0.29) is 29.8 Å². The Hall–Kier alpha value is -2.64. The quantitative estimate of drug-likeness (QED) is 0.729. The molecule has 0 aromatic heterocycles. The molecule has 7 heteroatoms. The van der Waals surface area contributed by atoms with Gasteiger partial charge in [0.1, 0.15) is 11.6 Å². The topological polar surface area (TPSA) is 54.0 Å². The highest BCUT2D eigenvalue weighted by atomic mass is 19.1. The van der Waals surface area contributed by atoms with E-state index in [4.69, 9.17) is 9.47 Å². The second kappa shape index (κ2) is 9.69. The molecule has 2 aromatic carbocycles. The summed E-state index contributed by atoms with van der Waals surface area (Å²) in [5, 5.41) is 3.18. The molecule has 0 aliphatic carbocycles. The second-order valence-electron chi connectivity index (χ2n) is 9.31. The first-order chi connectivity index (χ1) is 16.1. The van der Waals surface area contributed by atoms with Crippen molar-refractivity contribution < 1.29 is 18.7 Å². The first-order valence-electron chi connectivity index (χ1n) is 11.9. The number of nitrogens with one attached hydrogen (secondary N) is 1. The van der Waals surface area contributed by atoms with Gasteiger partial charge in [-0.3, -0.25) is 9.69 Å². The number of hydrogen-bond acceptors (Lipinski definition) is 5. The molecule has 0 spiro atoms. The van der Waals surface area contributed by atoms with Gasteiger partial charge in [0.05, 0.1) is 25.2 Å². The van der Waals surface area contributed by atoms with Crippen LogP contribution in [0.3, 0.4) is 0 Å². The molecule has 176 valence electrons. The Morgan fingerprint density at radius 1 is 1.21 bits per heavy atom. The lowest BCUT2D eigenvalue weighted by Gasteiger charge is -2.49. The van der Waals surface area contributed by atoms with Crippen molar-refractivity contribution in [1.82, 2.24) is 10.2 Å². The second-order valence-corrected chi connectivity index (χ2v) is 9.31. The number of rotatable bonds is 6. The van der Waals surface area contributed by atoms with Crippen LogP contribution in [0.15, 0.2) is 42.5 Å². The van der Waals surface area contributed by atoms with E-state index in [0.29, 0.717) is 13.0 Å². The Labute approximate surface area is 194 Å². The van der Waals surface area contributed by atoms with Crippen LogP contribution in [0.2, 0.25) is 0 Å². The summed E-state index contributed by atoms with van der Waals surface area (Å²) < 4.78 is 24.5. The summed E-state index contributed by atoms with van der Waals surface area (Å²) in [4.78, 5) is 18.1. The van der Waals surface area contributed by atoms with Crippen LogP contribution in [0.25, 0.3) is 0 Å². The van der Waals surface area contributed by atoms with Crippen LogP contribution >= 0.6 is 0 Å². The minimum absolute atomic E-state index is 0.0725. The number of piperazine rings is 1. The fourth-order valence-electron chi connectivity index (χ4n) is 5.41. The summed E-state index contributed by atoms with van der Waals surface area (Å²) in [5.74, 6) is 0.584. The molecule has 1 amide bonds. The Morgan fingerprint density at radius 3 is 2.82 bits per heavy atom. The van der Waals surface area contributed by atoms with Crippen molar-refractivity contribution in [2.45, 2.75) is 38.0 Å².